The third-order valence-electron chi connectivity index (χ3n) is 1.75. The summed E-state index contributed by atoms with van der Waals surface area (Å²) < 4.78 is 0. The van der Waals surface area contributed by atoms with Gasteiger partial charge in [0.05, 0.1) is 0 Å². The number of unbranched alkanes of at least 4 members (excludes halogenated alkanes) is 3. The van der Waals surface area contributed by atoms with Crippen molar-refractivity contribution in [2.45, 2.75) is 45.6 Å². The lowest BCUT2D eigenvalue weighted by Crippen LogP contribution is -2.28. The second kappa shape index (κ2) is 8.54. The summed E-state index contributed by atoms with van der Waals surface area (Å²) in [5.74, 6) is 0. The lowest BCUT2D eigenvalue weighted by atomic mass is 10.2. The van der Waals surface area contributed by atoms with Gasteiger partial charge in [-0.25, -0.2) is 0 Å². The first-order chi connectivity index (χ1) is 5.31. The van der Waals surface area contributed by atoms with Crippen LogP contribution in [0.25, 0.3) is 0 Å². The molecule has 0 aromatic rings. The molecule has 11 heavy (non-hydrogen) atoms. The van der Waals surface area contributed by atoms with E-state index in [1.54, 1.807) is 0 Å². The smallest absolute Gasteiger partial charge is 0.0183 e. The molecule has 0 saturated heterocycles. The zero-order chi connectivity index (χ0) is 8.53. The minimum Gasteiger partial charge on any atom is -0.313 e. The monoisotopic (exact) mass is 221 g/mol. The van der Waals surface area contributed by atoms with Crippen molar-refractivity contribution in [2.24, 2.45) is 0 Å². The molecule has 68 valence electrons. The maximum atomic E-state index is 3.44. The summed E-state index contributed by atoms with van der Waals surface area (Å²) in [5, 5.41) is 4.50. The molecule has 0 fully saturated rings. The zero-order valence-electron chi connectivity index (χ0n) is 7.70. The molecule has 0 saturated carbocycles. The van der Waals surface area contributed by atoms with Crippen LogP contribution in [0.2, 0.25) is 0 Å². The summed E-state index contributed by atoms with van der Waals surface area (Å²) in [6.07, 6.45) is 5.40. The first-order valence-corrected chi connectivity index (χ1v) is 5.72. The number of halogens is 1. The molecule has 0 radical (unpaired) electrons. The Morgan fingerprint density at radius 2 is 2.00 bits per heavy atom. The maximum absolute atomic E-state index is 3.44. The average Bonchev–Trinajstić information content (AvgIpc) is 2.04. The van der Waals surface area contributed by atoms with Gasteiger partial charge in [0.15, 0.2) is 0 Å². The van der Waals surface area contributed by atoms with E-state index < -0.39 is 0 Å². The fraction of sp³-hybridized carbons (Fsp3) is 1.00. The van der Waals surface area contributed by atoms with Crippen molar-refractivity contribution in [1.29, 1.82) is 0 Å². The Labute approximate surface area is 79.1 Å². The largest absolute Gasteiger partial charge is 0.313 e. The van der Waals surface area contributed by atoms with Crippen LogP contribution in [-0.2, 0) is 0 Å². The second-order valence-corrected chi connectivity index (χ2v) is 3.72. The maximum Gasteiger partial charge on any atom is 0.0183 e. The minimum atomic E-state index is 0.622. The van der Waals surface area contributed by atoms with Gasteiger partial charge in [-0.3, -0.25) is 0 Å². The topological polar surface area (TPSA) is 12.0 Å². The fourth-order valence-electron chi connectivity index (χ4n) is 0.955. The van der Waals surface area contributed by atoms with Crippen LogP contribution in [0.4, 0.5) is 0 Å². The van der Waals surface area contributed by atoms with Crippen LogP contribution in [0.3, 0.4) is 0 Å². The van der Waals surface area contributed by atoms with Gasteiger partial charge in [-0.15, -0.1) is 0 Å². The molecule has 1 unspecified atom stereocenters. The quantitative estimate of drug-likeness (QED) is 0.515. The number of nitrogens with one attached hydrogen (secondary N) is 1. The summed E-state index contributed by atoms with van der Waals surface area (Å²) in [7, 11) is 0. The highest BCUT2D eigenvalue weighted by Gasteiger charge is 1.95. The van der Waals surface area contributed by atoms with Gasteiger partial charge in [-0.05, 0) is 19.9 Å². The van der Waals surface area contributed by atoms with E-state index in [1.807, 2.05) is 0 Å². The van der Waals surface area contributed by atoms with Gasteiger partial charge in [0, 0.05) is 11.4 Å². The van der Waals surface area contributed by atoms with Crippen molar-refractivity contribution in [3.05, 3.63) is 0 Å². The molecule has 0 rings (SSSR count). The molecule has 0 aliphatic heterocycles. The van der Waals surface area contributed by atoms with Gasteiger partial charge in [0.25, 0.3) is 0 Å². The third-order valence-corrected chi connectivity index (χ3v) is 2.73. The Balaban J connectivity index is 2.89. The van der Waals surface area contributed by atoms with Gasteiger partial charge in [0.1, 0.15) is 0 Å². The van der Waals surface area contributed by atoms with E-state index in [1.165, 1.54) is 32.2 Å². The highest BCUT2D eigenvalue weighted by atomic mass is 79.9. The molecule has 2 heteroatoms. The van der Waals surface area contributed by atoms with Crippen LogP contribution in [0.5, 0.6) is 0 Å². The SMILES string of the molecule is CCCCCCNC(C)CBr. The molecule has 0 spiro atoms. The molecule has 1 atom stereocenters. The number of alkyl halides is 1. The molecule has 0 aliphatic carbocycles. The van der Waals surface area contributed by atoms with Crippen molar-refractivity contribution in [1.82, 2.24) is 5.32 Å². The summed E-state index contributed by atoms with van der Waals surface area (Å²) in [6, 6.07) is 0.622. The van der Waals surface area contributed by atoms with Crippen LogP contribution >= 0.6 is 15.9 Å². The van der Waals surface area contributed by atoms with E-state index in [0.29, 0.717) is 6.04 Å². The Bertz CT molecular complexity index is 76.0. The first kappa shape index (κ1) is 11.4. The van der Waals surface area contributed by atoms with Gasteiger partial charge >= 0.3 is 0 Å². The Kier molecular flexibility index (Phi) is 8.88. The van der Waals surface area contributed by atoms with E-state index in [9.17, 15) is 0 Å². The molecular weight excluding hydrogens is 202 g/mol. The van der Waals surface area contributed by atoms with E-state index in [-0.39, 0.29) is 0 Å². The van der Waals surface area contributed by atoms with Crippen LogP contribution < -0.4 is 5.32 Å². The Morgan fingerprint density at radius 3 is 2.55 bits per heavy atom. The second-order valence-electron chi connectivity index (χ2n) is 3.07. The molecule has 0 aliphatic rings. The van der Waals surface area contributed by atoms with E-state index in [2.05, 4.69) is 35.1 Å². The van der Waals surface area contributed by atoms with Crippen LogP contribution in [0.15, 0.2) is 0 Å². The van der Waals surface area contributed by atoms with Gasteiger partial charge in [-0.2, -0.15) is 0 Å². The van der Waals surface area contributed by atoms with Gasteiger partial charge in [0.2, 0.25) is 0 Å². The first-order valence-electron chi connectivity index (χ1n) is 4.60. The van der Waals surface area contributed by atoms with E-state index in [0.717, 1.165) is 5.33 Å². The van der Waals surface area contributed by atoms with E-state index in [4.69, 9.17) is 0 Å². The van der Waals surface area contributed by atoms with E-state index >= 15 is 0 Å². The number of rotatable bonds is 7. The van der Waals surface area contributed by atoms with Crippen molar-refractivity contribution in [3.63, 3.8) is 0 Å². The number of hydrogen-bond acceptors (Lipinski definition) is 1. The molecule has 1 N–H and O–H groups in total. The van der Waals surface area contributed by atoms with Gasteiger partial charge in [-0.1, -0.05) is 42.1 Å². The van der Waals surface area contributed by atoms with Crippen LogP contribution in [0.1, 0.15) is 39.5 Å². The van der Waals surface area contributed by atoms with Crippen LogP contribution in [0, 0.1) is 0 Å². The summed E-state index contributed by atoms with van der Waals surface area (Å²) in [4.78, 5) is 0. The van der Waals surface area contributed by atoms with Gasteiger partial charge < -0.3 is 5.32 Å². The zero-order valence-corrected chi connectivity index (χ0v) is 9.28. The summed E-state index contributed by atoms with van der Waals surface area (Å²) in [6.45, 7) is 5.62. The molecule has 0 bridgehead atoms. The molecule has 1 nitrogen and oxygen atoms in total. The summed E-state index contributed by atoms with van der Waals surface area (Å²) >= 11 is 3.44. The Morgan fingerprint density at radius 1 is 1.27 bits per heavy atom. The normalized spacial score (nSPS) is 13.4. The predicted octanol–water partition coefficient (Wildman–Crippen LogP) is 2.94. The molecule has 0 heterocycles. The van der Waals surface area contributed by atoms with Crippen LogP contribution in [-0.4, -0.2) is 17.9 Å². The summed E-state index contributed by atoms with van der Waals surface area (Å²) in [5.41, 5.74) is 0. The third kappa shape index (κ3) is 8.35. The van der Waals surface area contributed by atoms with Crippen molar-refractivity contribution in [3.8, 4) is 0 Å². The lowest BCUT2D eigenvalue weighted by Gasteiger charge is -2.09. The number of hydrogen-bond donors (Lipinski definition) is 1. The molecule has 0 aromatic carbocycles. The highest BCUT2D eigenvalue weighted by Crippen LogP contribution is 1.97. The molecule has 0 aromatic heterocycles. The predicted molar refractivity (Wildman–Crippen MR) is 55.4 cm³/mol. The molecule has 0 amide bonds. The van der Waals surface area contributed by atoms with Crippen molar-refractivity contribution in [2.75, 3.05) is 11.9 Å². The minimum absolute atomic E-state index is 0.622. The fourth-order valence-corrected chi connectivity index (χ4v) is 1.18. The average molecular weight is 222 g/mol. The lowest BCUT2D eigenvalue weighted by molar-refractivity contribution is 0.552. The van der Waals surface area contributed by atoms with Crippen molar-refractivity contribution >= 4 is 15.9 Å². The highest BCUT2D eigenvalue weighted by molar-refractivity contribution is 9.09. The standard InChI is InChI=1S/C9H20BrN/c1-3-4-5-6-7-11-9(2)8-10/h9,11H,3-8H2,1-2H3. The molecular formula is C9H20BrN. The Hall–Kier alpha value is 0.440. The van der Waals surface area contributed by atoms with Crippen molar-refractivity contribution < 1.29 is 0 Å².